The lowest BCUT2D eigenvalue weighted by molar-refractivity contribution is -0.224. The highest BCUT2D eigenvalue weighted by molar-refractivity contribution is 5.77. The molecule has 0 aromatic heterocycles. The van der Waals surface area contributed by atoms with Gasteiger partial charge < -0.3 is 9.47 Å². The van der Waals surface area contributed by atoms with Crippen LogP contribution in [0.4, 0.5) is 26.3 Å². The molecule has 10 heteroatoms. The Morgan fingerprint density at radius 2 is 1.10 bits per heavy atom. The molecule has 0 amide bonds. The van der Waals surface area contributed by atoms with E-state index in [1.165, 1.54) is 0 Å². The number of carbonyl (C=O) groups excluding carboxylic acids is 2. The van der Waals surface area contributed by atoms with E-state index in [9.17, 15) is 35.9 Å². The number of ether oxygens (including phenoxy) is 2. The van der Waals surface area contributed by atoms with Crippen molar-refractivity contribution < 1.29 is 45.4 Å². The van der Waals surface area contributed by atoms with Crippen LogP contribution in [-0.4, -0.2) is 36.5 Å². The topological polar surface area (TPSA) is 52.6 Å². The average Bonchev–Trinajstić information content (AvgIpc) is 2.89. The minimum atomic E-state index is -5.25. The zero-order valence-electron chi connectivity index (χ0n) is 10.3. The van der Waals surface area contributed by atoms with E-state index in [0.29, 0.717) is 12.8 Å². The highest BCUT2D eigenvalue weighted by atomic mass is 19.4. The number of hydrogen-bond acceptors (Lipinski definition) is 4. The van der Waals surface area contributed by atoms with Gasteiger partial charge in [0.1, 0.15) is 12.2 Å². The van der Waals surface area contributed by atoms with Crippen LogP contribution < -0.4 is 0 Å². The molecule has 2 aliphatic rings. The molecule has 0 saturated heterocycles. The van der Waals surface area contributed by atoms with Crippen LogP contribution in [0.5, 0.6) is 0 Å². The molecular weight excluding hydrogens is 310 g/mol. The van der Waals surface area contributed by atoms with Gasteiger partial charge in [0.25, 0.3) is 0 Å². The lowest BCUT2D eigenvalue weighted by Crippen LogP contribution is -2.44. The van der Waals surface area contributed by atoms with Crippen molar-refractivity contribution in [1.29, 1.82) is 0 Å². The summed E-state index contributed by atoms with van der Waals surface area (Å²) in [6, 6.07) is 0. The van der Waals surface area contributed by atoms with E-state index in [2.05, 4.69) is 9.47 Å². The number of esters is 2. The van der Waals surface area contributed by atoms with Crippen molar-refractivity contribution in [3.8, 4) is 0 Å². The van der Waals surface area contributed by atoms with Gasteiger partial charge in [-0.05, 0) is 19.3 Å². The fourth-order valence-electron chi connectivity index (χ4n) is 2.89. The Labute approximate surface area is 114 Å². The van der Waals surface area contributed by atoms with Gasteiger partial charge in [-0.1, -0.05) is 0 Å². The van der Waals surface area contributed by atoms with E-state index in [-0.39, 0.29) is 6.42 Å². The molecule has 2 fully saturated rings. The first-order valence-electron chi connectivity index (χ1n) is 6.05. The maximum absolute atomic E-state index is 12.2. The van der Waals surface area contributed by atoms with E-state index in [1.807, 2.05) is 0 Å². The van der Waals surface area contributed by atoms with Gasteiger partial charge in [0, 0.05) is 11.8 Å². The molecule has 0 radical (unpaired) electrons. The van der Waals surface area contributed by atoms with Crippen LogP contribution in [0.3, 0.4) is 0 Å². The Hall–Kier alpha value is -1.48. The second-order valence-electron chi connectivity index (χ2n) is 5.07. The quantitative estimate of drug-likeness (QED) is 0.579. The molecule has 0 aromatic rings. The molecule has 2 bridgehead atoms. The molecule has 21 heavy (non-hydrogen) atoms. The number of carbonyl (C=O) groups is 2. The fraction of sp³-hybridized carbons (Fsp3) is 0.818. The molecule has 4 nitrogen and oxygen atoms in total. The molecule has 0 heterocycles. The second-order valence-corrected chi connectivity index (χ2v) is 5.07. The standard InChI is InChI=1S/C11H10F6O4/c12-10(13,14)8(18)20-6-4-1-2-5(3-4)7(6)21-9(19)11(15,16)17/h4-7H,1-3H2/t4-,5+,6-,7-/m1/s1. The van der Waals surface area contributed by atoms with E-state index >= 15 is 0 Å². The number of fused-ring (bicyclic) bond motifs is 2. The van der Waals surface area contributed by atoms with Gasteiger partial charge in [-0.3, -0.25) is 0 Å². The van der Waals surface area contributed by atoms with Crippen LogP contribution in [0.1, 0.15) is 19.3 Å². The normalized spacial score (nSPS) is 32.1. The first kappa shape index (κ1) is 15.9. The van der Waals surface area contributed by atoms with Crippen molar-refractivity contribution in [2.45, 2.75) is 43.8 Å². The first-order valence-corrected chi connectivity index (χ1v) is 6.05. The van der Waals surface area contributed by atoms with Crippen molar-refractivity contribution in [2.24, 2.45) is 11.8 Å². The molecule has 0 spiro atoms. The molecule has 0 unspecified atom stereocenters. The molecule has 4 atom stereocenters. The zero-order valence-corrected chi connectivity index (χ0v) is 10.3. The Balaban J connectivity index is 2.08. The smallest absolute Gasteiger partial charge is 0.451 e. The first-order chi connectivity index (χ1) is 9.50. The van der Waals surface area contributed by atoms with Gasteiger partial charge in [0.15, 0.2) is 0 Å². The summed E-state index contributed by atoms with van der Waals surface area (Å²) in [5.74, 6) is -6.03. The molecule has 120 valence electrons. The fourth-order valence-corrected chi connectivity index (χ4v) is 2.89. The van der Waals surface area contributed by atoms with Gasteiger partial charge in [-0.2, -0.15) is 26.3 Å². The van der Waals surface area contributed by atoms with Crippen LogP contribution in [0.25, 0.3) is 0 Å². The van der Waals surface area contributed by atoms with Crippen LogP contribution in [0.15, 0.2) is 0 Å². The largest absolute Gasteiger partial charge is 0.490 e. The minimum absolute atomic E-state index is 0.269. The maximum Gasteiger partial charge on any atom is 0.490 e. The zero-order chi connectivity index (χ0) is 16.0. The van der Waals surface area contributed by atoms with Crippen LogP contribution in [-0.2, 0) is 19.1 Å². The molecule has 0 aliphatic heterocycles. The van der Waals surface area contributed by atoms with Crippen LogP contribution >= 0.6 is 0 Å². The van der Waals surface area contributed by atoms with Gasteiger partial charge in [0.2, 0.25) is 0 Å². The Morgan fingerprint density at radius 1 is 0.762 bits per heavy atom. The summed E-state index contributed by atoms with van der Waals surface area (Å²) in [5, 5.41) is 0. The summed E-state index contributed by atoms with van der Waals surface area (Å²) in [4.78, 5) is 21.6. The van der Waals surface area contributed by atoms with Crippen molar-refractivity contribution in [1.82, 2.24) is 0 Å². The van der Waals surface area contributed by atoms with Crippen molar-refractivity contribution >= 4 is 11.9 Å². The monoisotopic (exact) mass is 320 g/mol. The summed E-state index contributed by atoms with van der Waals surface area (Å²) in [7, 11) is 0. The lowest BCUT2D eigenvalue weighted by Gasteiger charge is -2.30. The second kappa shape index (κ2) is 5.06. The van der Waals surface area contributed by atoms with Gasteiger partial charge in [-0.15, -0.1) is 0 Å². The highest BCUT2D eigenvalue weighted by Crippen LogP contribution is 2.48. The average molecular weight is 320 g/mol. The van der Waals surface area contributed by atoms with Gasteiger partial charge >= 0.3 is 24.3 Å². The molecule has 2 aliphatic carbocycles. The lowest BCUT2D eigenvalue weighted by atomic mass is 9.94. The number of halogens is 6. The van der Waals surface area contributed by atoms with E-state index in [4.69, 9.17) is 0 Å². The summed E-state index contributed by atoms with van der Waals surface area (Å²) in [5.41, 5.74) is 0. The highest BCUT2D eigenvalue weighted by Gasteiger charge is 2.56. The third-order valence-electron chi connectivity index (χ3n) is 3.72. The molecule has 2 rings (SSSR count). The third kappa shape index (κ3) is 3.24. The van der Waals surface area contributed by atoms with Crippen molar-refractivity contribution in [2.75, 3.05) is 0 Å². The van der Waals surface area contributed by atoms with E-state index in [0.717, 1.165) is 0 Å². The Morgan fingerprint density at radius 3 is 1.38 bits per heavy atom. The van der Waals surface area contributed by atoms with Crippen molar-refractivity contribution in [3.05, 3.63) is 0 Å². The van der Waals surface area contributed by atoms with Gasteiger partial charge in [-0.25, -0.2) is 9.59 Å². The molecular formula is C11H10F6O4. The molecule has 0 aromatic carbocycles. The molecule has 2 saturated carbocycles. The summed E-state index contributed by atoms with van der Waals surface area (Å²) < 4.78 is 81.4. The predicted octanol–water partition coefficient (Wildman–Crippen LogP) is 2.36. The summed E-state index contributed by atoms with van der Waals surface area (Å²) >= 11 is 0. The van der Waals surface area contributed by atoms with Gasteiger partial charge in [0.05, 0.1) is 0 Å². The number of hydrogen-bond donors (Lipinski definition) is 0. The predicted molar refractivity (Wildman–Crippen MR) is 52.7 cm³/mol. The summed E-state index contributed by atoms with van der Waals surface area (Å²) in [6.07, 6.45) is -12.4. The maximum atomic E-state index is 12.2. The van der Waals surface area contributed by atoms with Crippen LogP contribution in [0.2, 0.25) is 0 Å². The third-order valence-corrected chi connectivity index (χ3v) is 3.72. The van der Waals surface area contributed by atoms with Crippen molar-refractivity contribution in [3.63, 3.8) is 0 Å². The Kier molecular flexibility index (Phi) is 3.83. The van der Waals surface area contributed by atoms with E-state index < -0.39 is 48.3 Å². The summed E-state index contributed by atoms with van der Waals surface area (Å²) in [6.45, 7) is 0. The Bertz CT molecular complexity index is 403. The van der Waals surface area contributed by atoms with Crippen LogP contribution in [0, 0.1) is 11.8 Å². The van der Waals surface area contributed by atoms with E-state index in [1.54, 1.807) is 0 Å². The number of alkyl halides is 6. The number of rotatable bonds is 2. The minimum Gasteiger partial charge on any atom is -0.451 e. The SMILES string of the molecule is O=C(O[C@@H]1[C@@H]2CC[C@@H](C2)[C@H]1OC(=O)C(F)(F)F)C(F)(F)F. The molecule has 0 N–H and O–H groups in total.